The Morgan fingerprint density at radius 1 is 0.952 bits per heavy atom. The number of benzene rings is 2. The third-order valence-electron chi connectivity index (χ3n) is 3.68. The third kappa shape index (κ3) is 4.11. The molecule has 2 aromatic rings. The molecule has 2 aromatic carbocycles. The van der Waals surface area contributed by atoms with Crippen LogP contribution in [0.15, 0.2) is 36.4 Å². The molecule has 0 aromatic heterocycles. The van der Waals surface area contributed by atoms with Crippen molar-refractivity contribution in [3.05, 3.63) is 70.3 Å². The van der Waals surface area contributed by atoms with Crippen molar-refractivity contribution < 1.29 is 8.78 Å². The highest BCUT2D eigenvalue weighted by molar-refractivity contribution is 5.29. The van der Waals surface area contributed by atoms with Crippen molar-refractivity contribution in [2.45, 2.75) is 32.7 Å². The fourth-order valence-corrected chi connectivity index (χ4v) is 2.72. The van der Waals surface area contributed by atoms with E-state index in [1.165, 1.54) is 34.9 Å². The average Bonchev–Trinajstić information content (AvgIpc) is 2.40. The predicted molar refractivity (Wildman–Crippen MR) is 82.5 cm³/mol. The first-order valence-electron chi connectivity index (χ1n) is 7.17. The zero-order valence-electron chi connectivity index (χ0n) is 12.7. The first kappa shape index (κ1) is 15.6. The Kier molecular flexibility index (Phi) is 5.07. The lowest BCUT2D eigenvalue weighted by molar-refractivity contribution is 0.502. The summed E-state index contributed by atoms with van der Waals surface area (Å²) in [5, 5.41) is 3.16. The summed E-state index contributed by atoms with van der Waals surface area (Å²) in [4.78, 5) is 0. The van der Waals surface area contributed by atoms with Gasteiger partial charge in [0, 0.05) is 11.6 Å². The first-order chi connectivity index (χ1) is 9.99. The molecule has 3 heteroatoms. The number of nitrogens with one attached hydrogen (secondary N) is 1. The Balaban J connectivity index is 2.17. The Bertz CT molecular complexity index is 582. The fourth-order valence-electron chi connectivity index (χ4n) is 2.72. The van der Waals surface area contributed by atoms with Crippen molar-refractivity contribution in [3.63, 3.8) is 0 Å². The van der Waals surface area contributed by atoms with Gasteiger partial charge in [0.1, 0.15) is 11.6 Å². The van der Waals surface area contributed by atoms with Crippen molar-refractivity contribution in [3.8, 4) is 0 Å². The lowest BCUT2D eigenvalue weighted by Crippen LogP contribution is -2.30. The minimum absolute atomic E-state index is 0.00222. The second-order valence-corrected chi connectivity index (χ2v) is 5.59. The topological polar surface area (TPSA) is 12.0 Å². The van der Waals surface area contributed by atoms with Crippen LogP contribution in [-0.2, 0) is 12.8 Å². The van der Waals surface area contributed by atoms with E-state index in [1.807, 2.05) is 7.05 Å². The SMILES string of the molecule is CNC(Cc1cc(C)cc(C)c1)Cc1c(F)cccc1F. The van der Waals surface area contributed by atoms with E-state index in [0.29, 0.717) is 6.42 Å². The van der Waals surface area contributed by atoms with Crippen LogP contribution < -0.4 is 5.32 Å². The zero-order valence-corrected chi connectivity index (χ0v) is 12.7. The number of likely N-dealkylation sites (N-methyl/N-ethyl adjacent to an activating group) is 1. The van der Waals surface area contributed by atoms with Gasteiger partial charge in [-0.3, -0.25) is 0 Å². The molecule has 0 radical (unpaired) electrons. The molecule has 0 amide bonds. The number of rotatable bonds is 5. The zero-order chi connectivity index (χ0) is 15.4. The number of halogens is 2. The Labute approximate surface area is 125 Å². The van der Waals surface area contributed by atoms with Crippen LogP contribution in [0.3, 0.4) is 0 Å². The van der Waals surface area contributed by atoms with Crippen LogP contribution in [0.2, 0.25) is 0 Å². The smallest absolute Gasteiger partial charge is 0.129 e. The summed E-state index contributed by atoms with van der Waals surface area (Å²) < 4.78 is 27.5. The van der Waals surface area contributed by atoms with E-state index in [4.69, 9.17) is 0 Å². The molecular formula is C18H21F2N. The van der Waals surface area contributed by atoms with Gasteiger partial charge in [0.15, 0.2) is 0 Å². The minimum atomic E-state index is -0.476. The lowest BCUT2D eigenvalue weighted by Gasteiger charge is -2.18. The maximum absolute atomic E-state index is 13.7. The average molecular weight is 289 g/mol. The van der Waals surface area contributed by atoms with Gasteiger partial charge in [-0.25, -0.2) is 8.78 Å². The second kappa shape index (κ2) is 6.81. The molecule has 0 bridgehead atoms. The van der Waals surface area contributed by atoms with E-state index in [1.54, 1.807) is 0 Å². The molecular weight excluding hydrogens is 268 g/mol. The van der Waals surface area contributed by atoms with Gasteiger partial charge in [-0.1, -0.05) is 35.4 Å². The quantitative estimate of drug-likeness (QED) is 0.878. The largest absolute Gasteiger partial charge is 0.316 e. The van der Waals surface area contributed by atoms with Crippen LogP contribution >= 0.6 is 0 Å². The van der Waals surface area contributed by atoms with Gasteiger partial charge in [-0.2, -0.15) is 0 Å². The summed E-state index contributed by atoms with van der Waals surface area (Å²) >= 11 is 0. The molecule has 0 fully saturated rings. The van der Waals surface area contributed by atoms with Crippen molar-refractivity contribution in [1.29, 1.82) is 0 Å². The van der Waals surface area contributed by atoms with Gasteiger partial charge < -0.3 is 5.32 Å². The van der Waals surface area contributed by atoms with Crippen LogP contribution in [0, 0.1) is 25.5 Å². The highest BCUT2D eigenvalue weighted by Gasteiger charge is 2.15. The van der Waals surface area contributed by atoms with Crippen LogP contribution in [0.25, 0.3) is 0 Å². The van der Waals surface area contributed by atoms with Crippen LogP contribution in [0.4, 0.5) is 8.78 Å². The lowest BCUT2D eigenvalue weighted by atomic mass is 9.96. The van der Waals surface area contributed by atoms with Gasteiger partial charge in [0.2, 0.25) is 0 Å². The van der Waals surface area contributed by atoms with Gasteiger partial charge in [-0.15, -0.1) is 0 Å². The first-order valence-corrected chi connectivity index (χ1v) is 7.17. The molecule has 21 heavy (non-hydrogen) atoms. The predicted octanol–water partition coefficient (Wildman–Crippen LogP) is 3.95. The summed E-state index contributed by atoms with van der Waals surface area (Å²) in [5.74, 6) is -0.952. The number of hydrogen-bond donors (Lipinski definition) is 1. The summed E-state index contributed by atoms with van der Waals surface area (Å²) in [6, 6.07) is 10.4. The molecule has 0 heterocycles. The van der Waals surface area contributed by atoms with Crippen molar-refractivity contribution >= 4 is 0 Å². The van der Waals surface area contributed by atoms with E-state index in [-0.39, 0.29) is 11.6 Å². The minimum Gasteiger partial charge on any atom is -0.316 e. The number of aryl methyl sites for hydroxylation is 2. The monoisotopic (exact) mass is 289 g/mol. The van der Waals surface area contributed by atoms with Crippen LogP contribution in [0.1, 0.15) is 22.3 Å². The number of hydrogen-bond acceptors (Lipinski definition) is 1. The molecule has 1 N–H and O–H groups in total. The highest BCUT2D eigenvalue weighted by Crippen LogP contribution is 2.17. The van der Waals surface area contributed by atoms with E-state index in [9.17, 15) is 8.78 Å². The molecule has 0 saturated carbocycles. The highest BCUT2D eigenvalue weighted by atomic mass is 19.1. The molecule has 0 aliphatic carbocycles. The molecule has 1 nitrogen and oxygen atoms in total. The summed E-state index contributed by atoms with van der Waals surface area (Å²) in [5.41, 5.74) is 3.75. The van der Waals surface area contributed by atoms with Gasteiger partial charge in [0.05, 0.1) is 0 Å². The fraction of sp³-hybridized carbons (Fsp3) is 0.333. The second-order valence-electron chi connectivity index (χ2n) is 5.59. The van der Waals surface area contributed by atoms with Gasteiger partial charge >= 0.3 is 0 Å². The molecule has 2 rings (SSSR count). The standard InChI is InChI=1S/C18H21F2N/c1-12-7-13(2)9-14(8-12)10-15(21-3)11-16-17(19)5-4-6-18(16)20/h4-9,15,21H,10-11H2,1-3H3. The maximum atomic E-state index is 13.7. The molecule has 0 aliphatic heterocycles. The molecule has 0 aliphatic rings. The van der Waals surface area contributed by atoms with E-state index in [0.717, 1.165) is 6.42 Å². The Morgan fingerprint density at radius 3 is 2.05 bits per heavy atom. The molecule has 1 unspecified atom stereocenters. The molecule has 112 valence electrons. The maximum Gasteiger partial charge on any atom is 0.129 e. The van der Waals surface area contributed by atoms with Crippen molar-refractivity contribution in [2.75, 3.05) is 7.05 Å². The van der Waals surface area contributed by atoms with Crippen molar-refractivity contribution in [2.24, 2.45) is 0 Å². The molecule has 1 atom stereocenters. The van der Waals surface area contributed by atoms with Crippen LogP contribution in [0.5, 0.6) is 0 Å². The van der Waals surface area contributed by atoms with Gasteiger partial charge in [0.25, 0.3) is 0 Å². The van der Waals surface area contributed by atoms with Crippen LogP contribution in [-0.4, -0.2) is 13.1 Å². The Hall–Kier alpha value is -1.74. The van der Waals surface area contributed by atoms with Gasteiger partial charge in [-0.05, 0) is 51.4 Å². The van der Waals surface area contributed by atoms with E-state index < -0.39 is 11.6 Å². The summed E-state index contributed by atoms with van der Waals surface area (Å²) in [7, 11) is 1.83. The Morgan fingerprint density at radius 2 is 1.52 bits per heavy atom. The van der Waals surface area contributed by atoms with E-state index >= 15 is 0 Å². The molecule has 0 spiro atoms. The normalized spacial score (nSPS) is 12.4. The molecule has 0 saturated heterocycles. The summed E-state index contributed by atoms with van der Waals surface area (Å²) in [6.45, 7) is 4.11. The summed E-state index contributed by atoms with van der Waals surface area (Å²) in [6.07, 6.45) is 1.08. The van der Waals surface area contributed by atoms with Crippen molar-refractivity contribution in [1.82, 2.24) is 5.32 Å². The third-order valence-corrected chi connectivity index (χ3v) is 3.68. The van der Waals surface area contributed by atoms with E-state index in [2.05, 4.69) is 37.4 Å².